The van der Waals surface area contributed by atoms with Crippen molar-refractivity contribution >= 4 is 11.8 Å². The lowest BCUT2D eigenvalue weighted by molar-refractivity contribution is -0.130. The average molecular weight is 557 g/mol. The maximum Gasteiger partial charge on any atom is 0.234 e. The minimum absolute atomic E-state index is 0.0327. The van der Waals surface area contributed by atoms with E-state index in [0.29, 0.717) is 39.5 Å². The highest BCUT2D eigenvalue weighted by atomic mass is 16.6. The molecule has 2 aromatic carbocycles. The number of likely N-dealkylation sites (tertiary alicyclic amines) is 1. The predicted molar refractivity (Wildman–Crippen MR) is 153 cm³/mol. The number of nitrogens with one attached hydrogen (secondary N) is 1. The van der Waals surface area contributed by atoms with Gasteiger partial charge in [0.2, 0.25) is 11.8 Å². The van der Waals surface area contributed by atoms with Crippen LogP contribution in [0.5, 0.6) is 17.2 Å². The second kappa shape index (κ2) is 12.6. The van der Waals surface area contributed by atoms with Gasteiger partial charge in [0, 0.05) is 37.9 Å². The molecule has 0 saturated carbocycles. The number of carbonyl (C=O) groups excluding carboxylic acids is 2. The number of carbonyl (C=O) groups is 2. The molecule has 9 nitrogen and oxygen atoms in total. The van der Waals surface area contributed by atoms with Gasteiger partial charge in [0.15, 0.2) is 11.5 Å². The highest BCUT2D eigenvalue weighted by molar-refractivity contribution is 5.81. The summed E-state index contributed by atoms with van der Waals surface area (Å²) in [7, 11) is 0. The minimum Gasteiger partial charge on any atom is -0.494 e. The van der Waals surface area contributed by atoms with E-state index in [9.17, 15) is 9.59 Å². The van der Waals surface area contributed by atoms with Gasteiger partial charge < -0.3 is 24.4 Å². The summed E-state index contributed by atoms with van der Waals surface area (Å²) in [6.07, 6.45) is 5.50. The summed E-state index contributed by atoms with van der Waals surface area (Å²) in [5.74, 6) is 2.29. The van der Waals surface area contributed by atoms with Crippen LogP contribution in [0, 0.1) is 0 Å². The van der Waals surface area contributed by atoms with Crippen LogP contribution in [0.15, 0.2) is 67.0 Å². The molecule has 2 atom stereocenters. The third-order valence-corrected chi connectivity index (χ3v) is 7.90. The van der Waals surface area contributed by atoms with Gasteiger partial charge in [-0.05, 0) is 66.4 Å². The second-order valence-electron chi connectivity index (χ2n) is 10.9. The van der Waals surface area contributed by atoms with Gasteiger partial charge in [-0.25, -0.2) is 0 Å². The first-order chi connectivity index (χ1) is 20.1. The molecule has 214 valence electrons. The predicted octanol–water partition coefficient (Wildman–Crippen LogP) is 3.18. The van der Waals surface area contributed by atoms with Crippen LogP contribution in [0.3, 0.4) is 0 Å². The van der Waals surface area contributed by atoms with Crippen LogP contribution in [0.1, 0.15) is 35.4 Å². The fraction of sp³-hybridized carbons (Fsp3) is 0.406. The van der Waals surface area contributed by atoms with E-state index in [-0.39, 0.29) is 36.7 Å². The zero-order valence-corrected chi connectivity index (χ0v) is 23.2. The van der Waals surface area contributed by atoms with E-state index >= 15 is 0 Å². The smallest absolute Gasteiger partial charge is 0.234 e. The Hall–Kier alpha value is -4.11. The Kier molecular flexibility index (Phi) is 8.32. The maximum absolute atomic E-state index is 13.5. The molecule has 0 unspecified atom stereocenters. The van der Waals surface area contributed by atoms with Crippen molar-refractivity contribution in [1.82, 2.24) is 20.1 Å². The van der Waals surface area contributed by atoms with Crippen molar-refractivity contribution < 1.29 is 23.8 Å². The van der Waals surface area contributed by atoms with Crippen LogP contribution >= 0.6 is 0 Å². The fourth-order valence-corrected chi connectivity index (χ4v) is 5.86. The normalized spacial score (nSPS) is 21.3. The Morgan fingerprint density at radius 3 is 2.71 bits per heavy atom. The number of rotatable bonds is 4. The van der Waals surface area contributed by atoms with Crippen LogP contribution in [0.4, 0.5) is 0 Å². The molecule has 0 radical (unpaired) electrons. The molecular weight excluding hydrogens is 520 g/mol. The quantitative estimate of drug-likeness (QED) is 0.528. The Bertz CT molecular complexity index is 1370. The minimum atomic E-state index is -0.199. The van der Waals surface area contributed by atoms with Gasteiger partial charge >= 0.3 is 0 Å². The molecule has 1 fully saturated rings. The van der Waals surface area contributed by atoms with Gasteiger partial charge in [-0.1, -0.05) is 24.3 Å². The van der Waals surface area contributed by atoms with Gasteiger partial charge in [-0.2, -0.15) is 0 Å². The summed E-state index contributed by atoms with van der Waals surface area (Å²) >= 11 is 0. The molecule has 2 bridgehead atoms. The van der Waals surface area contributed by atoms with E-state index in [1.165, 1.54) is 0 Å². The summed E-state index contributed by atoms with van der Waals surface area (Å²) < 4.78 is 17.5. The van der Waals surface area contributed by atoms with Crippen molar-refractivity contribution in [2.24, 2.45) is 0 Å². The molecule has 1 N–H and O–H groups in total. The zero-order valence-electron chi connectivity index (χ0n) is 23.2. The van der Waals surface area contributed by atoms with Crippen molar-refractivity contribution in [3.63, 3.8) is 0 Å². The number of ether oxygens (including phenoxy) is 3. The van der Waals surface area contributed by atoms with Crippen molar-refractivity contribution in [3.8, 4) is 17.2 Å². The number of fused-ring (bicyclic) bond motifs is 5. The van der Waals surface area contributed by atoms with Crippen LogP contribution < -0.4 is 19.5 Å². The molecule has 6 rings (SSSR count). The third kappa shape index (κ3) is 6.79. The van der Waals surface area contributed by atoms with E-state index in [0.717, 1.165) is 53.3 Å². The monoisotopic (exact) mass is 556 g/mol. The Morgan fingerprint density at radius 2 is 1.83 bits per heavy atom. The summed E-state index contributed by atoms with van der Waals surface area (Å²) in [4.78, 5) is 34.9. The molecule has 1 aromatic heterocycles. The van der Waals surface area contributed by atoms with Gasteiger partial charge in [0.05, 0.1) is 25.6 Å². The zero-order chi connectivity index (χ0) is 28.0. The fourth-order valence-electron chi connectivity index (χ4n) is 5.86. The Labute approximate surface area is 240 Å². The molecule has 9 heteroatoms. The molecule has 0 spiro atoms. The Balaban J connectivity index is 1.19. The Morgan fingerprint density at radius 1 is 0.927 bits per heavy atom. The average Bonchev–Trinajstić information content (AvgIpc) is 3.41. The number of aromatic nitrogens is 1. The first-order valence-corrected chi connectivity index (χ1v) is 14.4. The third-order valence-electron chi connectivity index (χ3n) is 7.90. The lowest BCUT2D eigenvalue weighted by Gasteiger charge is -2.26. The molecule has 2 amide bonds. The lowest BCUT2D eigenvalue weighted by atomic mass is 9.94. The van der Waals surface area contributed by atoms with Crippen LogP contribution in [-0.2, 0) is 22.6 Å². The number of pyridine rings is 1. The van der Waals surface area contributed by atoms with Gasteiger partial charge in [0.1, 0.15) is 19.0 Å². The van der Waals surface area contributed by atoms with Gasteiger partial charge in [0.25, 0.3) is 0 Å². The number of hydrogen-bond acceptors (Lipinski definition) is 7. The van der Waals surface area contributed by atoms with Crippen LogP contribution in [0.2, 0.25) is 0 Å². The first-order valence-electron chi connectivity index (χ1n) is 14.4. The summed E-state index contributed by atoms with van der Waals surface area (Å²) in [6, 6.07) is 17.6. The summed E-state index contributed by atoms with van der Waals surface area (Å²) in [5, 5.41) is 3.28. The standard InChI is InChI=1S/C32H36N4O5/c37-31-22-35(19-24-8-9-29-30(15-24)41-14-13-40-29)11-1-2-12-39-26-7-3-6-25(17-26)27-20-36(21-28(27)34-31)32(38)16-23-5-4-10-33-18-23/h3-10,15,17-18,27-28H,1-2,11-14,16,19-22H2,(H,34,37)/t27-,28+/m1/s1. The van der Waals surface area contributed by atoms with Gasteiger partial charge in [-0.15, -0.1) is 0 Å². The number of amides is 2. The number of hydrogen-bond donors (Lipinski definition) is 1. The van der Waals surface area contributed by atoms with E-state index in [1.54, 1.807) is 12.4 Å². The second-order valence-corrected chi connectivity index (χ2v) is 10.9. The maximum atomic E-state index is 13.5. The lowest BCUT2D eigenvalue weighted by Crippen LogP contribution is -2.45. The molecule has 1 saturated heterocycles. The van der Waals surface area contributed by atoms with Crippen molar-refractivity contribution in [1.29, 1.82) is 0 Å². The van der Waals surface area contributed by atoms with Crippen molar-refractivity contribution in [2.75, 3.05) is 46.0 Å². The van der Waals surface area contributed by atoms with Crippen LogP contribution in [-0.4, -0.2) is 78.6 Å². The first kappa shape index (κ1) is 27.1. The van der Waals surface area contributed by atoms with E-state index in [2.05, 4.69) is 27.3 Å². The van der Waals surface area contributed by atoms with Crippen molar-refractivity contribution in [3.05, 3.63) is 83.7 Å². The van der Waals surface area contributed by atoms with E-state index in [1.807, 2.05) is 47.4 Å². The van der Waals surface area contributed by atoms with Gasteiger partial charge in [-0.3, -0.25) is 19.5 Å². The molecule has 41 heavy (non-hydrogen) atoms. The largest absolute Gasteiger partial charge is 0.494 e. The molecule has 3 aliphatic rings. The highest BCUT2D eigenvalue weighted by Crippen LogP contribution is 2.32. The van der Waals surface area contributed by atoms with E-state index in [4.69, 9.17) is 14.2 Å². The van der Waals surface area contributed by atoms with E-state index < -0.39 is 0 Å². The molecule has 4 heterocycles. The topological polar surface area (TPSA) is 93.2 Å². The molecule has 0 aliphatic carbocycles. The summed E-state index contributed by atoms with van der Waals surface area (Å²) in [5.41, 5.74) is 3.01. The SMILES string of the molecule is O=C1CN(Cc2ccc3c(c2)OCCO3)CCCCOc2cccc(c2)[C@H]2CN(C(=O)Cc3cccnc3)C[C@@H]2N1. The van der Waals surface area contributed by atoms with Crippen molar-refractivity contribution in [2.45, 2.75) is 37.8 Å². The summed E-state index contributed by atoms with van der Waals surface area (Å²) in [6.45, 7) is 4.34. The number of nitrogens with zero attached hydrogens (tertiary/aromatic N) is 3. The molecular formula is C32H36N4O5. The molecule has 3 aliphatic heterocycles. The molecule has 3 aromatic rings. The number of benzene rings is 2. The highest BCUT2D eigenvalue weighted by Gasteiger charge is 2.37. The van der Waals surface area contributed by atoms with Crippen LogP contribution in [0.25, 0.3) is 0 Å².